The highest BCUT2D eigenvalue weighted by atomic mass is 16.2. The van der Waals surface area contributed by atoms with Gasteiger partial charge in [-0.3, -0.25) is 14.4 Å². The summed E-state index contributed by atoms with van der Waals surface area (Å²) in [7, 11) is 0. The fourth-order valence-electron chi connectivity index (χ4n) is 2.52. The molecule has 6 nitrogen and oxygen atoms in total. The highest BCUT2D eigenvalue weighted by Gasteiger charge is 2.57. The Kier molecular flexibility index (Phi) is 4.11. The first kappa shape index (κ1) is 14.6. The standard InChI is InChI=1S/C14H21N3O3/c1-3-6-15-12(19)14(4-5-14)13(20)17-9-7-16(8-10-17)11(2)18/h3H,1,4-10H2,2H3,(H,15,19). The van der Waals surface area contributed by atoms with Gasteiger partial charge in [-0.15, -0.1) is 6.58 Å². The molecule has 0 radical (unpaired) electrons. The first-order valence-corrected chi connectivity index (χ1v) is 6.95. The molecular formula is C14H21N3O3. The third-order valence-corrected chi connectivity index (χ3v) is 4.01. The molecule has 2 rings (SSSR count). The van der Waals surface area contributed by atoms with Crippen LogP contribution in [0.5, 0.6) is 0 Å². The molecular weight excluding hydrogens is 258 g/mol. The van der Waals surface area contributed by atoms with Gasteiger partial charge in [0.05, 0.1) is 0 Å². The maximum atomic E-state index is 12.5. The summed E-state index contributed by atoms with van der Waals surface area (Å²) in [5.74, 6) is -0.263. The van der Waals surface area contributed by atoms with Crippen LogP contribution < -0.4 is 5.32 Å². The number of nitrogens with zero attached hydrogens (tertiary/aromatic N) is 2. The monoisotopic (exact) mass is 279 g/mol. The largest absolute Gasteiger partial charge is 0.352 e. The molecule has 0 aromatic carbocycles. The van der Waals surface area contributed by atoms with Gasteiger partial charge < -0.3 is 15.1 Å². The lowest BCUT2D eigenvalue weighted by atomic mass is 10.0. The molecule has 0 atom stereocenters. The topological polar surface area (TPSA) is 69.7 Å². The number of amides is 3. The minimum atomic E-state index is -0.860. The summed E-state index contributed by atoms with van der Waals surface area (Å²) in [4.78, 5) is 39.3. The number of rotatable bonds is 4. The van der Waals surface area contributed by atoms with Gasteiger partial charge >= 0.3 is 0 Å². The Morgan fingerprint density at radius 2 is 1.70 bits per heavy atom. The summed E-state index contributed by atoms with van der Waals surface area (Å²) in [6, 6.07) is 0. The van der Waals surface area contributed by atoms with Gasteiger partial charge in [-0.25, -0.2) is 0 Å². The maximum absolute atomic E-state index is 12.5. The number of piperazine rings is 1. The molecule has 0 aromatic heterocycles. The molecule has 1 aliphatic heterocycles. The van der Waals surface area contributed by atoms with Crippen LogP contribution in [-0.2, 0) is 14.4 Å². The predicted octanol–water partition coefficient (Wildman–Crippen LogP) is -0.240. The first-order valence-electron chi connectivity index (χ1n) is 6.95. The lowest BCUT2D eigenvalue weighted by molar-refractivity contribution is -0.147. The van der Waals surface area contributed by atoms with Crippen molar-refractivity contribution in [2.45, 2.75) is 19.8 Å². The Hall–Kier alpha value is -1.85. The van der Waals surface area contributed by atoms with E-state index >= 15 is 0 Å². The Labute approximate surface area is 118 Å². The van der Waals surface area contributed by atoms with Crippen molar-refractivity contribution in [2.24, 2.45) is 5.41 Å². The zero-order chi connectivity index (χ0) is 14.8. The average Bonchev–Trinajstić information content (AvgIpc) is 3.25. The number of carbonyl (C=O) groups is 3. The third-order valence-electron chi connectivity index (χ3n) is 4.01. The second kappa shape index (κ2) is 5.64. The van der Waals surface area contributed by atoms with Crippen molar-refractivity contribution in [2.75, 3.05) is 32.7 Å². The maximum Gasteiger partial charge on any atom is 0.238 e. The summed E-state index contributed by atoms with van der Waals surface area (Å²) >= 11 is 0. The van der Waals surface area contributed by atoms with Crippen molar-refractivity contribution in [1.82, 2.24) is 15.1 Å². The van der Waals surface area contributed by atoms with E-state index < -0.39 is 5.41 Å². The zero-order valence-corrected chi connectivity index (χ0v) is 11.9. The van der Waals surface area contributed by atoms with Crippen molar-refractivity contribution in [3.05, 3.63) is 12.7 Å². The Balaban J connectivity index is 1.93. The van der Waals surface area contributed by atoms with E-state index in [1.54, 1.807) is 15.9 Å². The molecule has 1 heterocycles. The summed E-state index contributed by atoms with van der Waals surface area (Å²) in [6.45, 7) is 7.57. The molecule has 3 amide bonds. The van der Waals surface area contributed by atoms with Crippen LogP contribution >= 0.6 is 0 Å². The van der Waals surface area contributed by atoms with Gasteiger partial charge in [0.25, 0.3) is 0 Å². The number of nitrogens with one attached hydrogen (secondary N) is 1. The van der Waals surface area contributed by atoms with Crippen LogP contribution in [0.3, 0.4) is 0 Å². The van der Waals surface area contributed by atoms with Crippen LogP contribution in [-0.4, -0.2) is 60.2 Å². The van der Waals surface area contributed by atoms with Gasteiger partial charge in [-0.2, -0.15) is 0 Å². The predicted molar refractivity (Wildman–Crippen MR) is 73.7 cm³/mol. The van der Waals surface area contributed by atoms with Gasteiger partial charge in [-0.1, -0.05) is 6.08 Å². The second-order valence-electron chi connectivity index (χ2n) is 5.38. The summed E-state index contributed by atoms with van der Waals surface area (Å²) in [5, 5.41) is 2.71. The third kappa shape index (κ3) is 2.69. The molecule has 0 unspecified atom stereocenters. The highest BCUT2D eigenvalue weighted by molar-refractivity contribution is 6.07. The Morgan fingerprint density at radius 1 is 1.15 bits per heavy atom. The number of hydrogen-bond donors (Lipinski definition) is 1. The molecule has 20 heavy (non-hydrogen) atoms. The molecule has 1 aliphatic carbocycles. The van der Waals surface area contributed by atoms with E-state index in [1.165, 1.54) is 6.92 Å². The fourth-order valence-corrected chi connectivity index (χ4v) is 2.52. The smallest absolute Gasteiger partial charge is 0.238 e. The summed E-state index contributed by atoms with van der Waals surface area (Å²) < 4.78 is 0. The van der Waals surface area contributed by atoms with Crippen LogP contribution in [0.15, 0.2) is 12.7 Å². The normalized spacial score (nSPS) is 20.2. The van der Waals surface area contributed by atoms with E-state index in [1.807, 2.05) is 0 Å². The van der Waals surface area contributed by atoms with E-state index in [2.05, 4.69) is 11.9 Å². The zero-order valence-electron chi connectivity index (χ0n) is 11.9. The van der Waals surface area contributed by atoms with E-state index in [4.69, 9.17) is 0 Å². The van der Waals surface area contributed by atoms with Crippen LogP contribution in [0.25, 0.3) is 0 Å². The lowest BCUT2D eigenvalue weighted by Gasteiger charge is -2.35. The van der Waals surface area contributed by atoms with Crippen LogP contribution in [0, 0.1) is 5.41 Å². The van der Waals surface area contributed by atoms with Crippen molar-refractivity contribution < 1.29 is 14.4 Å². The number of carbonyl (C=O) groups excluding carboxylic acids is 3. The summed E-state index contributed by atoms with van der Waals surface area (Å²) in [5.41, 5.74) is -0.860. The molecule has 6 heteroatoms. The molecule has 110 valence electrons. The Morgan fingerprint density at radius 3 is 2.15 bits per heavy atom. The van der Waals surface area contributed by atoms with Crippen molar-refractivity contribution >= 4 is 17.7 Å². The van der Waals surface area contributed by atoms with Crippen molar-refractivity contribution in [3.63, 3.8) is 0 Å². The van der Waals surface area contributed by atoms with Crippen molar-refractivity contribution in [3.8, 4) is 0 Å². The highest BCUT2D eigenvalue weighted by Crippen LogP contribution is 2.47. The number of hydrogen-bond acceptors (Lipinski definition) is 3. The SMILES string of the molecule is C=CCNC(=O)C1(C(=O)N2CCN(C(C)=O)CC2)CC1. The molecule has 1 saturated carbocycles. The van der Waals surface area contributed by atoms with E-state index in [0.717, 1.165) is 0 Å². The quantitative estimate of drug-likeness (QED) is 0.570. The minimum Gasteiger partial charge on any atom is -0.352 e. The van der Waals surface area contributed by atoms with Crippen LogP contribution in [0.1, 0.15) is 19.8 Å². The van der Waals surface area contributed by atoms with Gasteiger partial charge in [0.15, 0.2) is 0 Å². The average molecular weight is 279 g/mol. The molecule has 0 bridgehead atoms. The van der Waals surface area contributed by atoms with E-state index in [0.29, 0.717) is 45.6 Å². The minimum absolute atomic E-state index is 0.0296. The summed E-state index contributed by atoms with van der Waals surface area (Å²) in [6.07, 6.45) is 2.83. The van der Waals surface area contributed by atoms with E-state index in [9.17, 15) is 14.4 Å². The van der Waals surface area contributed by atoms with Gasteiger partial charge in [-0.05, 0) is 12.8 Å². The van der Waals surface area contributed by atoms with Crippen LogP contribution in [0.2, 0.25) is 0 Å². The molecule has 2 aliphatic rings. The molecule has 2 fully saturated rings. The molecule has 0 aromatic rings. The fraction of sp³-hybridized carbons (Fsp3) is 0.643. The lowest BCUT2D eigenvalue weighted by Crippen LogP contribution is -2.54. The van der Waals surface area contributed by atoms with E-state index in [-0.39, 0.29) is 17.7 Å². The molecule has 1 N–H and O–H groups in total. The molecule has 1 saturated heterocycles. The first-order chi connectivity index (χ1) is 9.51. The van der Waals surface area contributed by atoms with Crippen molar-refractivity contribution in [1.29, 1.82) is 0 Å². The second-order valence-corrected chi connectivity index (χ2v) is 5.38. The van der Waals surface area contributed by atoms with Gasteiger partial charge in [0.1, 0.15) is 5.41 Å². The Bertz CT molecular complexity index is 435. The van der Waals surface area contributed by atoms with Gasteiger partial charge in [0, 0.05) is 39.6 Å². The molecule has 0 spiro atoms. The van der Waals surface area contributed by atoms with Gasteiger partial charge in [0.2, 0.25) is 17.7 Å². The van der Waals surface area contributed by atoms with Crippen LogP contribution in [0.4, 0.5) is 0 Å².